The maximum absolute atomic E-state index is 12.6. The van der Waals surface area contributed by atoms with Crippen LogP contribution in [-0.4, -0.2) is 48.8 Å². The van der Waals surface area contributed by atoms with E-state index < -0.39 is 0 Å². The third-order valence-corrected chi connectivity index (χ3v) is 6.08. The Morgan fingerprint density at radius 1 is 1.21 bits per heavy atom. The van der Waals surface area contributed by atoms with Crippen LogP contribution in [0.2, 0.25) is 0 Å². The highest BCUT2D eigenvalue weighted by Crippen LogP contribution is 2.37. The normalized spacial score (nSPS) is 14.2. The predicted molar refractivity (Wildman–Crippen MR) is 116 cm³/mol. The molecule has 7 nitrogen and oxygen atoms in total. The highest BCUT2D eigenvalue weighted by atomic mass is 32.1. The third-order valence-electron chi connectivity index (χ3n) is 4.96. The van der Waals surface area contributed by atoms with Crippen molar-refractivity contribution in [2.75, 3.05) is 43.1 Å². The fraction of sp³-hybridized carbons (Fsp3) is 0.381. The number of esters is 1. The molecule has 4 rings (SSSR count). The minimum absolute atomic E-state index is 0.321. The molecule has 1 fully saturated rings. The van der Waals surface area contributed by atoms with Crippen LogP contribution in [0.25, 0.3) is 11.0 Å². The summed E-state index contributed by atoms with van der Waals surface area (Å²) in [5, 5.41) is 4.13. The first-order chi connectivity index (χ1) is 14.1. The Hall–Kier alpha value is -2.71. The van der Waals surface area contributed by atoms with Crippen molar-refractivity contribution >= 4 is 45.0 Å². The van der Waals surface area contributed by atoms with Crippen LogP contribution in [0.3, 0.4) is 0 Å². The number of ether oxygens (including phenoxy) is 2. The minimum Gasteiger partial charge on any atom is -0.462 e. The zero-order valence-electron chi connectivity index (χ0n) is 16.8. The second-order valence-electron chi connectivity index (χ2n) is 6.82. The van der Waals surface area contributed by atoms with Crippen molar-refractivity contribution in [3.05, 3.63) is 40.3 Å². The van der Waals surface area contributed by atoms with Gasteiger partial charge in [-0.05, 0) is 38.5 Å². The van der Waals surface area contributed by atoms with Crippen LogP contribution < -0.4 is 10.2 Å². The molecule has 0 atom stereocenters. The van der Waals surface area contributed by atoms with E-state index in [0.717, 1.165) is 45.4 Å². The molecule has 29 heavy (non-hydrogen) atoms. The first kappa shape index (κ1) is 19.6. The summed E-state index contributed by atoms with van der Waals surface area (Å²) in [6, 6.07) is 7.80. The third kappa shape index (κ3) is 3.90. The Labute approximate surface area is 173 Å². The molecule has 1 saturated heterocycles. The van der Waals surface area contributed by atoms with E-state index in [2.05, 4.69) is 10.2 Å². The van der Waals surface area contributed by atoms with Crippen LogP contribution >= 0.6 is 11.3 Å². The number of hydrogen-bond donors (Lipinski definition) is 1. The summed E-state index contributed by atoms with van der Waals surface area (Å²) < 4.78 is 10.8. The quantitative estimate of drug-likeness (QED) is 0.633. The summed E-state index contributed by atoms with van der Waals surface area (Å²) in [6.07, 6.45) is 0. The molecule has 1 aliphatic heterocycles. The van der Waals surface area contributed by atoms with Crippen LogP contribution in [0.5, 0.6) is 0 Å². The Morgan fingerprint density at radius 2 is 1.90 bits per heavy atom. The van der Waals surface area contributed by atoms with Crippen LogP contribution in [0.4, 0.5) is 16.6 Å². The molecule has 8 heteroatoms. The van der Waals surface area contributed by atoms with Gasteiger partial charge in [0, 0.05) is 18.0 Å². The van der Waals surface area contributed by atoms with Gasteiger partial charge in [-0.1, -0.05) is 12.1 Å². The number of carbonyl (C=O) groups is 1. The molecular formula is C21H24N4O3S. The van der Waals surface area contributed by atoms with E-state index in [1.807, 2.05) is 45.0 Å². The lowest BCUT2D eigenvalue weighted by Crippen LogP contribution is -2.37. The van der Waals surface area contributed by atoms with Crippen LogP contribution in [0.1, 0.15) is 27.7 Å². The van der Waals surface area contributed by atoms with Crippen LogP contribution in [0.15, 0.2) is 24.3 Å². The van der Waals surface area contributed by atoms with Crippen molar-refractivity contribution < 1.29 is 14.3 Å². The Balaban J connectivity index is 1.79. The molecule has 1 aliphatic rings. The summed E-state index contributed by atoms with van der Waals surface area (Å²) in [5.41, 5.74) is 3.13. The average molecular weight is 413 g/mol. The second-order valence-corrected chi connectivity index (χ2v) is 8.04. The molecule has 0 unspecified atom stereocenters. The van der Waals surface area contributed by atoms with Crippen molar-refractivity contribution in [1.82, 2.24) is 9.97 Å². The number of rotatable bonds is 5. The van der Waals surface area contributed by atoms with Gasteiger partial charge >= 0.3 is 5.97 Å². The first-order valence-corrected chi connectivity index (χ1v) is 10.5. The van der Waals surface area contributed by atoms with Crippen molar-refractivity contribution in [2.45, 2.75) is 20.8 Å². The lowest BCUT2D eigenvalue weighted by molar-refractivity contribution is 0.0527. The Morgan fingerprint density at radius 3 is 2.59 bits per heavy atom. The molecule has 0 aliphatic carbocycles. The van der Waals surface area contributed by atoms with E-state index in [-0.39, 0.29) is 5.97 Å². The number of para-hydroxylation sites is 2. The van der Waals surface area contributed by atoms with E-state index in [0.29, 0.717) is 31.2 Å². The summed E-state index contributed by atoms with van der Waals surface area (Å²) in [4.78, 5) is 25.5. The smallest absolute Gasteiger partial charge is 0.341 e. The van der Waals surface area contributed by atoms with E-state index in [1.165, 1.54) is 11.3 Å². The van der Waals surface area contributed by atoms with E-state index >= 15 is 0 Å². The van der Waals surface area contributed by atoms with Gasteiger partial charge in [-0.2, -0.15) is 0 Å². The molecule has 0 spiro atoms. The molecule has 152 valence electrons. The van der Waals surface area contributed by atoms with Gasteiger partial charge in [-0.15, -0.1) is 11.3 Å². The molecule has 0 amide bonds. The standard InChI is InChI=1S/C21H24N4O3S/c1-4-28-21(26)17-13(2)14(3)29-20(17)24-18-19(25-9-11-27-12-10-25)23-16-8-6-5-7-15(16)22-18/h5-8H,4,9-12H2,1-3H3,(H,22,24). The number of aryl methyl sites for hydroxylation is 1. The van der Waals surface area contributed by atoms with E-state index in [1.54, 1.807) is 0 Å². The first-order valence-electron chi connectivity index (χ1n) is 9.72. The van der Waals surface area contributed by atoms with Gasteiger partial charge in [0.05, 0.1) is 36.4 Å². The molecule has 0 saturated carbocycles. The summed E-state index contributed by atoms with van der Waals surface area (Å²) in [7, 11) is 0. The number of carbonyl (C=O) groups excluding carboxylic acids is 1. The average Bonchev–Trinajstić information content (AvgIpc) is 3.01. The monoisotopic (exact) mass is 412 g/mol. The molecule has 0 bridgehead atoms. The fourth-order valence-corrected chi connectivity index (χ4v) is 4.39. The number of fused-ring (bicyclic) bond motifs is 1. The van der Waals surface area contributed by atoms with Crippen molar-refractivity contribution in [2.24, 2.45) is 0 Å². The zero-order valence-corrected chi connectivity index (χ0v) is 17.6. The van der Waals surface area contributed by atoms with Gasteiger partial charge < -0.3 is 19.7 Å². The maximum atomic E-state index is 12.6. The predicted octanol–water partition coefficient (Wildman–Crippen LogP) is 4.07. The Kier molecular flexibility index (Phi) is 5.64. The molecule has 2 aromatic heterocycles. The summed E-state index contributed by atoms with van der Waals surface area (Å²) in [6.45, 7) is 8.88. The van der Waals surface area contributed by atoms with Gasteiger partial charge in [0.2, 0.25) is 0 Å². The second kappa shape index (κ2) is 8.34. The SMILES string of the molecule is CCOC(=O)c1c(Nc2nc3ccccc3nc2N2CCOCC2)sc(C)c1C. The number of morpholine rings is 1. The molecule has 1 N–H and O–H groups in total. The minimum atomic E-state index is -0.321. The molecular weight excluding hydrogens is 388 g/mol. The van der Waals surface area contributed by atoms with Crippen molar-refractivity contribution in [1.29, 1.82) is 0 Å². The highest BCUT2D eigenvalue weighted by molar-refractivity contribution is 7.16. The van der Waals surface area contributed by atoms with E-state index in [4.69, 9.17) is 19.4 Å². The number of nitrogens with zero attached hydrogens (tertiary/aromatic N) is 3. The molecule has 1 aromatic carbocycles. The lowest BCUT2D eigenvalue weighted by atomic mass is 10.1. The zero-order chi connectivity index (χ0) is 20.4. The van der Waals surface area contributed by atoms with Gasteiger partial charge in [-0.3, -0.25) is 0 Å². The van der Waals surface area contributed by atoms with Crippen molar-refractivity contribution in [3.63, 3.8) is 0 Å². The molecule has 3 heterocycles. The molecule has 3 aromatic rings. The van der Waals surface area contributed by atoms with E-state index in [9.17, 15) is 4.79 Å². The number of anilines is 3. The van der Waals surface area contributed by atoms with Gasteiger partial charge in [0.25, 0.3) is 0 Å². The Bertz CT molecular complexity index is 1040. The fourth-order valence-electron chi connectivity index (χ4n) is 3.34. The van der Waals surface area contributed by atoms with Gasteiger partial charge in [0.1, 0.15) is 5.00 Å². The summed E-state index contributed by atoms with van der Waals surface area (Å²) in [5.74, 6) is 1.08. The topological polar surface area (TPSA) is 76.6 Å². The number of aromatic nitrogens is 2. The van der Waals surface area contributed by atoms with Gasteiger partial charge in [-0.25, -0.2) is 14.8 Å². The lowest BCUT2D eigenvalue weighted by Gasteiger charge is -2.29. The summed E-state index contributed by atoms with van der Waals surface area (Å²) >= 11 is 1.53. The van der Waals surface area contributed by atoms with Crippen LogP contribution in [-0.2, 0) is 9.47 Å². The number of benzene rings is 1. The highest BCUT2D eigenvalue weighted by Gasteiger charge is 2.24. The number of hydrogen-bond acceptors (Lipinski definition) is 8. The van der Waals surface area contributed by atoms with Crippen LogP contribution in [0, 0.1) is 13.8 Å². The number of nitrogens with one attached hydrogen (secondary N) is 1. The largest absolute Gasteiger partial charge is 0.462 e. The van der Waals surface area contributed by atoms with Crippen molar-refractivity contribution in [3.8, 4) is 0 Å². The maximum Gasteiger partial charge on any atom is 0.341 e. The number of thiophene rings is 1. The van der Waals surface area contributed by atoms with Gasteiger partial charge in [0.15, 0.2) is 11.6 Å². The molecule has 0 radical (unpaired) electrons.